The molecule has 0 radical (unpaired) electrons. The van der Waals surface area contributed by atoms with Gasteiger partial charge in [0, 0.05) is 27.4 Å². The average molecular weight is 341 g/mol. The molecule has 0 amide bonds. The van der Waals surface area contributed by atoms with Crippen molar-refractivity contribution in [1.82, 2.24) is 9.38 Å². The highest BCUT2D eigenvalue weighted by atomic mass is 35.5. The Hall–Kier alpha value is -1.56. The van der Waals surface area contributed by atoms with E-state index in [0.717, 1.165) is 21.9 Å². The molecule has 108 valence electrons. The second-order valence-corrected chi connectivity index (χ2v) is 6.27. The van der Waals surface area contributed by atoms with E-state index in [2.05, 4.69) is 4.98 Å². The molecule has 1 aromatic carbocycles. The first kappa shape index (κ1) is 14.4. The highest BCUT2D eigenvalue weighted by molar-refractivity contribution is 7.15. The summed E-state index contributed by atoms with van der Waals surface area (Å²) in [5.41, 5.74) is 3.11. The molecule has 7 heteroatoms. The number of thiazole rings is 1. The molecule has 0 unspecified atom stereocenters. The zero-order chi connectivity index (χ0) is 15.1. The summed E-state index contributed by atoms with van der Waals surface area (Å²) in [5.74, 6) is -0.867. The minimum atomic E-state index is -0.867. The Morgan fingerprint density at radius 3 is 2.86 bits per heavy atom. The summed E-state index contributed by atoms with van der Waals surface area (Å²) in [6.45, 7) is 1.90. The van der Waals surface area contributed by atoms with Crippen molar-refractivity contribution >= 4 is 45.5 Å². The smallest absolute Gasteiger partial charge is 0.309 e. The summed E-state index contributed by atoms with van der Waals surface area (Å²) in [6, 6.07) is 5.25. The van der Waals surface area contributed by atoms with Crippen LogP contribution in [-0.2, 0) is 11.2 Å². The number of aliphatic carboxylic acids is 1. The lowest BCUT2D eigenvalue weighted by atomic mass is 10.1. The van der Waals surface area contributed by atoms with Crippen LogP contribution < -0.4 is 0 Å². The Bertz CT molecular complexity index is 854. The van der Waals surface area contributed by atoms with E-state index in [1.165, 1.54) is 11.3 Å². The molecule has 3 aromatic rings. The van der Waals surface area contributed by atoms with Crippen LogP contribution in [0.25, 0.3) is 16.2 Å². The van der Waals surface area contributed by atoms with Crippen molar-refractivity contribution in [2.24, 2.45) is 0 Å². The maximum atomic E-state index is 10.9. The van der Waals surface area contributed by atoms with Gasteiger partial charge in [-0.2, -0.15) is 0 Å². The van der Waals surface area contributed by atoms with Crippen LogP contribution in [0.5, 0.6) is 0 Å². The van der Waals surface area contributed by atoms with E-state index >= 15 is 0 Å². The Kier molecular flexibility index (Phi) is 3.65. The van der Waals surface area contributed by atoms with E-state index in [9.17, 15) is 4.79 Å². The topological polar surface area (TPSA) is 54.6 Å². The zero-order valence-corrected chi connectivity index (χ0v) is 13.3. The first-order valence-corrected chi connectivity index (χ1v) is 7.73. The summed E-state index contributed by atoms with van der Waals surface area (Å²) in [4.78, 5) is 16.2. The van der Waals surface area contributed by atoms with Crippen LogP contribution in [0.3, 0.4) is 0 Å². The van der Waals surface area contributed by atoms with E-state index in [1.807, 2.05) is 22.8 Å². The van der Waals surface area contributed by atoms with Gasteiger partial charge >= 0.3 is 5.97 Å². The molecule has 0 aliphatic carbocycles. The third-order valence-electron chi connectivity index (χ3n) is 3.18. The normalized spacial score (nSPS) is 11.2. The minimum Gasteiger partial charge on any atom is -0.481 e. The van der Waals surface area contributed by atoms with Crippen molar-refractivity contribution in [3.05, 3.63) is 45.0 Å². The van der Waals surface area contributed by atoms with Gasteiger partial charge in [0.1, 0.15) is 0 Å². The van der Waals surface area contributed by atoms with Crippen LogP contribution in [0.4, 0.5) is 0 Å². The average Bonchev–Trinajstić information content (AvgIpc) is 2.91. The lowest BCUT2D eigenvalue weighted by Gasteiger charge is -2.04. The largest absolute Gasteiger partial charge is 0.481 e. The van der Waals surface area contributed by atoms with Crippen LogP contribution >= 0.6 is 34.5 Å². The highest BCUT2D eigenvalue weighted by Gasteiger charge is 2.18. The molecule has 0 aliphatic heterocycles. The van der Waals surface area contributed by atoms with E-state index in [0.29, 0.717) is 15.7 Å². The Morgan fingerprint density at radius 2 is 2.19 bits per heavy atom. The number of fused-ring (bicyclic) bond motifs is 1. The first-order chi connectivity index (χ1) is 9.97. The number of carbonyl (C=O) groups is 1. The standard InChI is InChI=1S/C14H10Cl2N2O2S/c1-7-13(10-3-2-8(15)4-11(10)16)17-14-18(7)9(6-21-14)5-12(19)20/h2-4,6H,5H2,1H3,(H,19,20). The van der Waals surface area contributed by atoms with E-state index in [1.54, 1.807) is 12.1 Å². The minimum absolute atomic E-state index is 0.0367. The van der Waals surface area contributed by atoms with Gasteiger partial charge in [-0.05, 0) is 25.1 Å². The lowest BCUT2D eigenvalue weighted by Crippen LogP contribution is -2.03. The van der Waals surface area contributed by atoms with Gasteiger partial charge in [0.2, 0.25) is 0 Å². The van der Waals surface area contributed by atoms with Crippen molar-refractivity contribution in [3.63, 3.8) is 0 Å². The molecule has 0 fully saturated rings. The molecule has 2 aromatic heterocycles. The Balaban J connectivity index is 2.18. The van der Waals surface area contributed by atoms with Crippen molar-refractivity contribution in [1.29, 1.82) is 0 Å². The molecular formula is C14H10Cl2N2O2S. The van der Waals surface area contributed by atoms with Gasteiger partial charge < -0.3 is 5.11 Å². The quantitative estimate of drug-likeness (QED) is 0.773. The highest BCUT2D eigenvalue weighted by Crippen LogP contribution is 2.34. The number of aryl methyl sites for hydroxylation is 1. The monoisotopic (exact) mass is 340 g/mol. The number of benzene rings is 1. The molecule has 0 bridgehead atoms. The number of hydrogen-bond acceptors (Lipinski definition) is 3. The predicted molar refractivity (Wildman–Crippen MR) is 84.6 cm³/mol. The van der Waals surface area contributed by atoms with E-state index < -0.39 is 5.97 Å². The number of aromatic nitrogens is 2. The molecule has 0 saturated heterocycles. The molecule has 3 rings (SSSR count). The van der Waals surface area contributed by atoms with Crippen molar-refractivity contribution < 1.29 is 9.90 Å². The zero-order valence-electron chi connectivity index (χ0n) is 10.9. The van der Waals surface area contributed by atoms with Crippen LogP contribution in [0.15, 0.2) is 23.6 Å². The van der Waals surface area contributed by atoms with Gasteiger partial charge in [-0.25, -0.2) is 4.98 Å². The van der Waals surface area contributed by atoms with Gasteiger partial charge in [-0.3, -0.25) is 9.20 Å². The predicted octanol–water partition coefficient (Wildman–Crippen LogP) is 4.31. The number of halogens is 2. The lowest BCUT2D eigenvalue weighted by molar-refractivity contribution is -0.136. The molecular weight excluding hydrogens is 331 g/mol. The number of carboxylic acids is 1. The van der Waals surface area contributed by atoms with E-state index in [4.69, 9.17) is 28.3 Å². The number of carboxylic acid groups (broad SMARTS) is 1. The summed E-state index contributed by atoms with van der Waals surface area (Å²) in [5, 5.41) is 11.9. The van der Waals surface area contributed by atoms with Gasteiger partial charge in [0.15, 0.2) is 4.96 Å². The number of hydrogen-bond donors (Lipinski definition) is 1. The molecule has 2 heterocycles. The molecule has 1 N–H and O–H groups in total. The third-order valence-corrected chi connectivity index (χ3v) is 4.61. The maximum absolute atomic E-state index is 10.9. The maximum Gasteiger partial charge on any atom is 0.309 e. The van der Waals surface area contributed by atoms with Gasteiger partial charge in [0.05, 0.1) is 17.1 Å². The van der Waals surface area contributed by atoms with Crippen LogP contribution in [0, 0.1) is 6.92 Å². The van der Waals surface area contributed by atoms with Crippen LogP contribution in [0.2, 0.25) is 10.0 Å². The SMILES string of the molecule is Cc1c(-c2ccc(Cl)cc2Cl)nc2scc(CC(=O)O)n12. The third kappa shape index (κ3) is 2.52. The van der Waals surface area contributed by atoms with Crippen molar-refractivity contribution in [2.75, 3.05) is 0 Å². The molecule has 0 aliphatic rings. The first-order valence-electron chi connectivity index (χ1n) is 6.10. The molecule has 4 nitrogen and oxygen atoms in total. The summed E-state index contributed by atoms with van der Waals surface area (Å²) >= 11 is 13.6. The fraction of sp³-hybridized carbons (Fsp3) is 0.143. The Labute approximate surface area is 134 Å². The number of nitrogens with zero attached hydrogens (tertiary/aromatic N) is 2. The van der Waals surface area contributed by atoms with Crippen LogP contribution in [-0.4, -0.2) is 20.5 Å². The second kappa shape index (κ2) is 5.33. The number of imidazole rings is 1. The van der Waals surface area contributed by atoms with Crippen molar-refractivity contribution in [3.8, 4) is 11.3 Å². The molecule has 21 heavy (non-hydrogen) atoms. The molecule has 0 spiro atoms. The Morgan fingerprint density at radius 1 is 1.43 bits per heavy atom. The van der Waals surface area contributed by atoms with Crippen molar-refractivity contribution in [2.45, 2.75) is 13.3 Å². The van der Waals surface area contributed by atoms with E-state index in [-0.39, 0.29) is 6.42 Å². The number of rotatable bonds is 3. The second-order valence-electron chi connectivity index (χ2n) is 4.59. The molecule has 0 saturated carbocycles. The van der Waals surface area contributed by atoms with Crippen LogP contribution in [0.1, 0.15) is 11.4 Å². The van der Waals surface area contributed by atoms with Gasteiger partial charge in [0.25, 0.3) is 0 Å². The summed E-state index contributed by atoms with van der Waals surface area (Å²) in [6.07, 6.45) is -0.0367. The fourth-order valence-corrected chi connectivity index (χ4v) is 3.71. The van der Waals surface area contributed by atoms with Gasteiger partial charge in [-0.15, -0.1) is 11.3 Å². The fourth-order valence-electron chi connectivity index (χ4n) is 2.28. The summed E-state index contributed by atoms with van der Waals surface area (Å²) < 4.78 is 1.86. The summed E-state index contributed by atoms with van der Waals surface area (Å²) in [7, 11) is 0. The van der Waals surface area contributed by atoms with Gasteiger partial charge in [-0.1, -0.05) is 23.2 Å². The molecule has 0 atom stereocenters.